The number of nitrogens with zero attached hydrogens (tertiary/aromatic N) is 1. The number of carboxylic acid groups (broad SMARTS) is 1. The number of nitrogens with two attached hydrogens (primary N) is 3. The summed E-state index contributed by atoms with van der Waals surface area (Å²) in [5.41, 5.74) is 18.5. The second-order valence-electron chi connectivity index (χ2n) is 10.7. The lowest BCUT2D eigenvalue weighted by Crippen LogP contribution is -2.57. The van der Waals surface area contributed by atoms with Gasteiger partial charge in [0.2, 0.25) is 17.7 Å². The van der Waals surface area contributed by atoms with Gasteiger partial charge in [0.25, 0.3) is 0 Å². The number of hydrogen-bond donors (Lipinski definition) is 8. The monoisotopic (exact) mass is 631 g/mol. The van der Waals surface area contributed by atoms with Crippen molar-refractivity contribution in [2.75, 3.05) is 13.1 Å². The summed E-state index contributed by atoms with van der Waals surface area (Å²) in [6.07, 6.45) is 0.593. The Morgan fingerprint density at radius 1 is 0.848 bits per heavy atom. The first-order valence-corrected chi connectivity index (χ1v) is 14.6. The van der Waals surface area contributed by atoms with Crippen molar-refractivity contribution in [1.82, 2.24) is 16.0 Å². The Morgan fingerprint density at radius 3 is 2.02 bits per heavy atom. The lowest BCUT2D eigenvalue weighted by Gasteiger charge is -2.28. The van der Waals surface area contributed by atoms with Crippen LogP contribution in [0.4, 0.5) is 0 Å². The Labute approximate surface area is 265 Å². The molecule has 242 valence electrons. The second-order valence-corrected chi connectivity index (χ2v) is 10.7. The number of carbonyl (C=O) groups is 4. The van der Waals surface area contributed by atoms with Crippen molar-refractivity contribution in [3.63, 3.8) is 0 Å². The molecule has 0 bridgehead atoms. The fraction of sp³-hybridized carbons (Fsp3) is 0.281. The average Bonchev–Trinajstić information content (AvgIpc) is 3.03. The summed E-state index contributed by atoms with van der Waals surface area (Å²) in [5, 5.41) is 27.3. The third-order valence-corrected chi connectivity index (χ3v) is 7.35. The standard InChI is InChI=1S/C32H37N7O7/c33-22(8-5-15-36-32(34)35)28(41)38-23(16-18-11-13-19(40)14-12-18)29(42)39-24(31(44)45)17-37-30(43)27-20-6-1-3-9-25(20)46-26-10-4-2-7-21(26)27/h1-4,6-7,9-14,22-24,27,40H,5,8,15-17,33H2,(H,37,43)(H,38,41)(H,39,42)(H,44,45)(H4,34,35,36)/t22-,23-,24-/m0/s1. The second kappa shape index (κ2) is 15.4. The van der Waals surface area contributed by atoms with Gasteiger partial charge in [-0.2, -0.15) is 0 Å². The minimum absolute atomic E-state index is 0.00745. The molecule has 0 fully saturated rings. The molecule has 11 N–H and O–H groups in total. The fourth-order valence-electron chi connectivity index (χ4n) is 4.98. The summed E-state index contributed by atoms with van der Waals surface area (Å²) in [5.74, 6) is -3.17. The Hall–Kier alpha value is -5.63. The zero-order valence-electron chi connectivity index (χ0n) is 24.9. The minimum atomic E-state index is -1.53. The first-order chi connectivity index (χ1) is 22.0. The number of guanidine groups is 1. The van der Waals surface area contributed by atoms with Gasteiger partial charge < -0.3 is 48.1 Å². The van der Waals surface area contributed by atoms with Crippen LogP contribution in [-0.2, 0) is 25.6 Å². The molecule has 14 heteroatoms. The smallest absolute Gasteiger partial charge is 0.328 e. The van der Waals surface area contributed by atoms with Gasteiger partial charge in [0, 0.05) is 30.6 Å². The summed E-state index contributed by atoms with van der Waals surface area (Å²) in [6, 6.07) is 16.3. The van der Waals surface area contributed by atoms with Crippen LogP contribution in [0.1, 0.15) is 35.4 Å². The third kappa shape index (κ3) is 8.72. The molecule has 0 saturated carbocycles. The highest BCUT2D eigenvalue weighted by Gasteiger charge is 2.34. The number of aliphatic carboxylic acids is 1. The topological polar surface area (TPSA) is 244 Å². The number of carboxylic acids is 1. The van der Waals surface area contributed by atoms with Crippen LogP contribution in [0.25, 0.3) is 0 Å². The number of nitrogens with one attached hydrogen (secondary N) is 3. The fourth-order valence-corrected chi connectivity index (χ4v) is 4.98. The number of aliphatic imine (C=N–C) groups is 1. The number of carbonyl (C=O) groups excluding carboxylic acids is 3. The lowest BCUT2D eigenvalue weighted by atomic mass is 9.87. The van der Waals surface area contributed by atoms with Gasteiger partial charge in [0.15, 0.2) is 5.96 Å². The normalized spacial score (nSPS) is 13.8. The molecule has 0 unspecified atom stereocenters. The number of amides is 3. The lowest BCUT2D eigenvalue weighted by molar-refractivity contribution is -0.142. The highest BCUT2D eigenvalue weighted by molar-refractivity contribution is 5.93. The number of phenols is 1. The van der Waals surface area contributed by atoms with Crippen LogP contribution < -0.4 is 37.9 Å². The summed E-state index contributed by atoms with van der Waals surface area (Å²) in [7, 11) is 0. The van der Waals surface area contributed by atoms with Crippen LogP contribution in [0.15, 0.2) is 77.8 Å². The molecule has 1 aliphatic rings. The van der Waals surface area contributed by atoms with Gasteiger partial charge in [0.05, 0.1) is 12.0 Å². The van der Waals surface area contributed by atoms with Crippen LogP contribution in [0, 0.1) is 0 Å². The van der Waals surface area contributed by atoms with E-state index in [1.54, 1.807) is 60.7 Å². The maximum atomic E-state index is 13.5. The van der Waals surface area contributed by atoms with Gasteiger partial charge in [-0.05, 0) is 42.7 Å². The van der Waals surface area contributed by atoms with E-state index in [-0.39, 0.29) is 31.1 Å². The van der Waals surface area contributed by atoms with Gasteiger partial charge in [-0.3, -0.25) is 19.4 Å². The average molecular weight is 632 g/mol. The largest absolute Gasteiger partial charge is 0.508 e. The highest BCUT2D eigenvalue weighted by atomic mass is 16.5. The molecule has 0 saturated heterocycles. The molecule has 0 aliphatic carbocycles. The number of phenolic OH excluding ortho intramolecular Hbond substituents is 1. The van der Waals surface area contributed by atoms with E-state index in [1.807, 2.05) is 0 Å². The molecule has 1 aliphatic heterocycles. The molecule has 3 aromatic carbocycles. The Morgan fingerprint density at radius 2 is 1.43 bits per heavy atom. The minimum Gasteiger partial charge on any atom is -0.508 e. The van der Waals surface area contributed by atoms with E-state index in [1.165, 1.54) is 12.1 Å². The first-order valence-electron chi connectivity index (χ1n) is 14.6. The van der Waals surface area contributed by atoms with Crippen molar-refractivity contribution in [2.24, 2.45) is 22.2 Å². The van der Waals surface area contributed by atoms with Gasteiger partial charge in [-0.25, -0.2) is 4.79 Å². The van der Waals surface area contributed by atoms with E-state index in [4.69, 9.17) is 21.9 Å². The van der Waals surface area contributed by atoms with Crippen LogP contribution in [-0.4, -0.2) is 71.1 Å². The molecule has 46 heavy (non-hydrogen) atoms. The highest BCUT2D eigenvalue weighted by Crippen LogP contribution is 2.43. The molecule has 14 nitrogen and oxygen atoms in total. The van der Waals surface area contributed by atoms with E-state index < -0.39 is 54.3 Å². The molecule has 3 amide bonds. The van der Waals surface area contributed by atoms with E-state index >= 15 is 0 Å². The first kappa shape index (κ1) is 33.3. The van der Waals surface area contributed by atoms with E-state index in [0.717, 1.165) is 0 Å². The van der Waals surface area contributed by atoms with Crippen molar-refractivity contribution in [1.29, 1.82) is 0 Å². The molecule has 1 heterocycles. The molecule has 3 aromatic rings. The quantitative estimate of drug-likeness (QED) is 0.0692. The predicted octanol–water partition coefficient (Wildman–Crippen LogP) is 0.424. The number of fused-ring (bicyclic) bond motifs is 2. The van der Waals surface area contributed by atoms with Gasteiger partial charge in [-0.1, -0.05) is 48.5 Å². The molecule has 4 rings (SSSR count). The summed E-state index contributed by atoms with van der Waals surface area (Å²) < 4.78 is 5.94. The van der Waals surface area contributed by atoms with Crippen molar-refractivity contribution in [3.05, 3.63) is 89.5 Å². The Balaban J connectivity index is 1.46. The number of para-hydroxylation sites is 2. The number of benzene rings is 3. The van der Waals surface area contributed by atoms with Crippen LogP contribution in [0.5, 0.6) is 17.2 Å². The zero-order chi connectivity index (χ0) is 33.2. The molecular weight excluding hydrogens is 594 g/mol. The Kier molecular flexibility index (Phi) is 11.1. The van der Waals surface area contributed by atoms with Crippen molar-refractivity contribution in [3.8, 4) is 17.2 Å². The number of ether oxygens (including phenoxy) is 1. The molecule has 0 spiro atoms. The third-order valence-electron chi connectivity index (χ3n) is 7.35. The molecular formula is C32H37N7O7. The zero-order valence-corrected chi connectivity index (χ0v) is 24.9. The van der Waals surface area contributed by atoms with Gasteiger partial charge in [-0.15, -0.1) is 0 Å². The van der Waals surface area contributed by atoms with Crippen molar-refractivity contribution in [2.45, 2.75) is 43.3 Å². The SMILES string of the molecule is NC(N)=NCCC[C@H](N)C(=O)N[C@@H](Cc1ccc(O)cc1)C(=O)N[C@@H](CNC(=O)C1c2ccccc2Oc2ccccc21)C(=O)O. The van der Waals surface area contributed by atoms with Gasteiger partial charge >= 0.3 is 5.97 Å². The summed E-state index contributed by atoms with van der Waals surface area (Å²) in [4.78, 5) is 55.9. The van der Waals surface area contributed by atoms with Crippen LogP contribution in [0.3, 0.4) is 0 Å². The van der Waals surface area contributed by atoms with Crippen molar-refractivity contribution >= 4 is 29.7 Å². The number of aromatic hydroxyl groups is 1. The van der Waals surface area contributed by atoms with E-state index in [0.29, 0.717) is 34.6 Å². The van der Waals surface area contributed by atoms with E-state index in [2.05, 4.69) is 20.9 Å². The summed E-state index contributed by atoms with van der Waals surface area (Å²) in [6.45, 7) is -0.177. The molecule has 0 aromatic heterocycles. The Bertz CT molecular complexity index is 1550. The maximum Gasteiger partial charge on any atom is 0.328 e. The molecule has 0 radical (unpaired) electrons. The number of rotatable bonds is 14. The predicted molar refractivity (Wildman–Crippen MR) is 169 cm³/mol. The molecule has 3 atom stereocenters. The van der Waals surface area contributed by atoms with Crippen molar-refractivity contribution < 1.29 is 34.1 Å². The maximum absolute atomic E-state index is 13.5. The van der Waals surface area contributed by atoms with E-state index in [9.17, 15) is 29.4 Å². The van der Waals surface area contributed by atoms with Gasteiger partial charge in [0.1, 0.15) is 29.3 Å². The number of hydrogen-bond acceptors (Lipinski definition) is 8. The summed E-state index contributed by atoms with van der Waals surface area (Å²) >= 11 is 0. The van der Waals surface area contributed by atoms with Crippen LogP contribution in [0.2, 0.25) is 0 Å². The van der Waals surface area contributed by atoms with Crippen LogP contribution >= 0.6 is 0 Å².